The summed E-state index contributed by atoms with van der Waals surface area (Å²) >= 11 is 0. The van der Waals surface area contributed by atoms with Gasteiger partial charge in [0.25, 0.3) is 0 Å². The Balaban J connectivity index is 1.62. The molecule has 0 radical (unpaired) electrons. The average Bonchev–Trinajstić information content (AvgIpc) is 3.06. The number of amides is 1. The minimum Gasteiger partial charge on any atom is -0.393 e. The van der Waals surface area contributed by atoms with Crippen molar-refractivity contribution in [3.63, 3.8) is 0 Å². The van der Waals surface area contributed by atoms with Gasteiger partial charge in [-0.3, -0.25) is 4.79 Å². The highest BCUT2D eigenvalue weighted by Crippen LogP contribution is 2.59. The first-order valence-electron chi connectivity index (χ1n) is 12.5. The second-order valence-corrected chi connectivity index (χ2v) is 11.3. The van der Waals surface area contributed by atoms with Crippen molar-refractivity contribution in [1.29, 1.82) is 0 Å². The van der Waals surface area contributed by atoms with Crippen molar-refractivity contribution in [3.8, 4) is 0 Å². The molecule has 7 atom stereocenters. The van der Waals surface area contributed by atoms with E-state index in [9.17, 15) is 33.3 Å². The van der Waals surface area contributed by atoms with Gasteiger partial charge in [-0.05, 0) is 81.5 Å². The van der Waals surface area contributed by atoms with Crippen LogP contribution in [0.5, 0.6) is 0 Å². The highest BCUT2D eigenvalue weighted by Gasteiger charge is 2.52. The molecule has 0 aromatic carbocycles. The topological polar surface area (TPSA) is 89.8 Å². The smallest absolute Gasteiger partial charge is 0.393 e. The third-order valence-electron chi connectivity index (χ3n) is 8.53. The largest absolute Gasteiger partial charge is 0.417 e. The van der Waals surface area contributed by atoms with E-state index in [4.69, 9.17) is 0 Å². The Morgan fingerprint density at radius 1 is 1.21 bits per heavy atom. The number of nitrogens with one attached hydrogen (secondary N) is 1. The quantitative estimate of drug-likeness (QED) is 0.447. The van der Waals surface area contributed by atoms with Crippen molar-refractivity contribution in [2.45, 2.75) is 103 Å². The predicted molar refractivity (Wildman–Crippen MR) is 124 cm³/mol. The molecule has 194 valence electrons. The van der Waals surface area contributed by atoms with Crippen LogP contribution in [0, 0.1) is 23.2 Å². The van der Waals surface area contributed by atoms with Crippen LogP contribution < -0.4 is 5.32 Å². The minimum atomic E-state index is -4.85. The van der Waals surface area contributed by atoms with Gasteiger partial charge in [0.15, 0.2) is 5.60 Å². The second kappa shape index (κ2) is 10.3. The van der Waals surface area contributed by atoms with Gasteiger partial charge in [0.05, 0.1) is 18.6 Å². The fourth-order valence-corrected chi connectivity index (χ4v) is 6.64. The summed E-state index contributed by atoms with van der Waals surface area (Å²) in [5.41, 5.74) is -0.495. The monoisotopic (exact) mass is 487 g/mol. The van der Waals surface area contributed by atoms with Gasteiger partial charge in [0.2, 0.25) is 5.91 Å². The Morgan fingerprint density at radius 2 is 1.85 bits per heavy atom. The van der Waals surface area contributed by atoms with Gasteiger partial charge >= 0.3 is 6.18 Å². The van der Waals surface area contributed by atoms with Gasteiger partial charge in [-0.2, -0.15) is 13.2 Å². The number of rotatable bonds is 6. The maximum absolute atomic E-state index is 12.9. The Labute approximate surface area is 200 Å². The van der Waals surface area contributed by atoms with E-state index in [-0.39, 0.29) is 11.3 Å². The van der Waals surface area contributed by atoms with E-state index in [2.05, 4.69) is 24.4 Å². The molecule has 4 N–H and O–H groups in total. The summed E-state index contributed by atoms with van der Waals surface area (Å²) in [6.07, 6.45) is 4.29. The van der Waals surface area contributed by atoms with Gasteiger partial charge in [-0.25, -0.2) is 0 Å². The second-order valence-electron chi connectivity index (χ2n) is 11.3. The lowest BCUT2D eigenvalue weighted by Gasteiger charge is -2.44. The Hall–Kier alpha value is -1.38. The zero-order valence-corrected chi connectivity index (χ0v) is 20.5. The van der Waals surface area contributed by atoms with Crippen LogP contribution in [0.15, 0.2) is 23.3 Å². The molecule has 0 aromatic heterocycles. The molecule has 0 spiro atoms. The third-order valence-corrected chi connectivity index (χ3v) is 8.53. The normalized spacial score (nSPS) is 36.0. The summed E-state index contributed by atoms with van der Waals surface area (Å²) < 4.78 is 38.6. The molecule has 0 saturated heterocycles. The highest BCUT2D eigenvalue weighted by atomic mass is 19.4. The number of carbonyl (C=O) groups is 1. The molecule has 3 aliphatic rings. The number of aliphatic hydroxyl groups is 3. The fraction of sp³-hybridized carbons (Fsp3) is 0.808. The number of hydrogen-bond donors (Lipinski definition) is 4. The van der Waals surface area contributed by atoms with Crippen LogP contribution in [-0.2, 0) is 4.79 Å². The zero-order chi connectivity index (χ0) is 25.3. The summed E-state index contributed by atoms with van der Waals surface area (Å²) in [4.78, 5) is 12.1. The number of hydrogen-bond acceptors (Lipinski definition) is 4. The fourth-order valence-electron chi connectivity index (χ4n) is 6.64. The predicted octanol–water partition coefficient (Wildman–Crippen LogP) is 4.42. The number of allylic oxidation sites excluding steroid dienone is 3. The standard InChI is InChI=1S/C26H40F3NO4/c1-16(15-30-23(33)14-25(3,34)26(27,28)29)21-8-9-22-18(5-4-10-24(21,22)2)7-6-17-11-19(31)13-20(32)12-17/h6-7,16,19-22,31-32,34H,4-5,8-15H2,1-3H3,(H,30,33)/t16-,19+,20+,21+,22?,24+,25-/m0/s1. The van der Waals surface area contributed by atoms with E-state index in [1.165, 1.54) is 5.57 Å². The summed E-state index contributed by atoms with van der Waals surface area (Å²) in [7, 11) is 0. The van der Waals surface area contributed by atoms with E-state index >= 15 is 0 Å². The van der Waals surface area contributed by atoms with E-state index in [1.54, 1.807) is 0 Å². The molecular weight excluding hydrogens is 447 g/mol. The molecule has 1 amide bonds. The van der Waals surface area contributed by atoms with Crippen LogP contribution in [0.2, 0.25) is 0 Å². The molecule has 3 saturated carbocycles. The van der Waals surface area contributed by atoms with Gasteiger partial charge in [0.1, 0.15) is 0 Å². The highest BCUT2D eigenvalue weighted by molar-refractivity contribution is 5.77. The first-order valence-corrected chi connectivity index (χ1v) is 12.5. The number of halogens is 3. The number of alkyl halides is 3. The van der Waals surface area contributed by atoms with Gasteiger partial charge in [-0.15, -0.1) is 0 Å². The Kier molecular flexibility index (Phi) is 8.25. The van der Waals surface area contributed by atoms with Crippen molar-refractivity contribution in [1.82, 2.24) is 5.32 Å². The Morgan fingerprint density at radius 3 is 2.47 bits per heavy atom. The SMILES string of the molecule is C[C@@H](CNC(=O)C[C@](C)(O)C(F)(F)F)[C@H]1CCC2C(=CC=C3C[C@@H](O)C[C@H](O)C3)CCC[C@@]21C. The average molecular weight is 488 g/mol. The molecule has 5 nitrogen and oxygen atoms in total. The summed E-state index contributed by atoms with van der Waals surface area (Å²) in [5, 5.41) is 32.1. The summed E-state index contributed by atoms with van der Waals surface area (Å²) in [6, 6.07) is 0. The zero-order valence-electron chi connectivity index (χ0n) is 20.5. The van der Waals surface area contributed by atoms with Crippen LogP contribution in [0.25, 0.3) is 0 Å². The van der Waals surface area contributed by atoms with Crippen LogP contribution in [-0.4, -0.2) is 51.8 Å². The molecule has 1 unspecified atom stereocenters. The molecule has 0 aliphatic heterocycles. The maximum atomic E-state index is 12.9. The molecule has 3 aliphatic carbocycles. The van der Waals surface area contributed by atoms with Crippen LogP contribution in [0.1, 0.15) is 78.6 Å². The van der Waals surface area contributed by atoms with Crippen molar-refractivity contribution in [2.24, 2.45) is 23.2 Å². The van der Waals surface area contributed by atoms with Crippen molar-refractivity contribution < 1.29 is 33.3 Å². The molecular formula is C26H40F3NO4. The lowest BCUT2D eigenvalue weighted by Crippen LogP contribution is -2.47. The summed E-state index contributed by atoms with van der Waals surface area (Å²) in [6.45, 7) is 5.26. The Bertz CT molecular complexity index is 794. The first kappa shape index (κ1) is 27.2. The molecule has 0 aromatic rings. The number of carbonyl (C=O) groups excluding carboxylic acids is 1. The molecule has 3 rings (SSSR count). The van der Waals surface area contributed by atoms with E-state index in [0.717, 1.165) is 37.7 Å². The van der Waals surface area contributed by atoms with E-state index in [1.807, 2.05) is 6.92 Å². The minimum absolute atomic E-state index is 0.0653. The van der Waals surface area contributed by atoms with Crippen molar-refractivity contribution in [2.75, 3.05) is 6.54 Å². The maximum Gasteiger partial charge on any atom is 0.417 e. The van der Waals surface area contributed by atoms with Gasteiger partial charge in [0, 0.05) is 6.54 Å². The van der Waals surface area contributed by atoms with Crippen LogP contribution >= 0.6 is 0 Å². The van der Waals surface area contributed by atoms with E-state index < -0.39 is 36.3 Å². The van der Waals surface area contributed by atoms with Crippen LogP contribution in [0.4, 0.5) is 13.2 Å². The summed E-state index contributed by atoms with van der Waals surface area (Å²) in [5.74, 6) is 0.0824. The molecule has 0 bridgehead atoms. The van der Waals surface area contributed by atoms with E-state index in [0.29, 0.717) is 44.6 Å². The lowest BCUT2D eigenvalue weighted by molar-refractivity contribution is -0.253. The molecule has 34 heavy (non-hydrogen) atoms. The molecule has 0 heterocycles. The number of aliphatic hydroxyl groups excluding tert-OH is 2. The van der Waals surface area contributed by atoms with Crippen molar-refractivity contribution in [3.05, 3.63) is 23.3 Å². The van der Waals surface area contributed by atoms with Gasteiger partial charge < -0.3 is 20.6 Å². The number of fused-ring (bicyclic) bond motifs is 1. The molecule has 8 heteroatoms. The van der Waals surface area contributed by atoms with Gasteiger partial charge in [-0.1, -0.05) is 37.1 Å². The third kappa shape index (κ3) is 6.05. The first-order chi connectivity index (χ1) is 15.7. The van der Waals surface area contributed by atoms with Crippen LogP contribution in [0.3, 0.4) is 0 Å². The van der Waals surface area contributed by atoms with Crippen molar-refractivity contribution >= 4 is 5.91 Å². The lowest BCUT2D eigenvalue weighted by atomic mass is 9.61. The molecule has 3 fully saturated rings.